The summed E-state index contributed by atoms with van der Waals surface area (Å²) in [7, 11) is 0. The highest BCUT2D eigenvalue weighted by Crippen LogP contribution is 2.38. The summed E-state index contributed by atoms with van der Waals surface area (Å²) in [6.07, 6.45) is 1.87. The number of esters is 1. The molecule has 2 aliphatic heterocycles. The Morgan fingerprint density at radius 3 is 2.57 bits per heavy atom. The van der Waals surface area contributed by atoms with Gasteiger partial charge in [-0.1, -0.05) is 29.5 Å². The summed E-state index contributed by atoms with van der Waals surface area (Å²) in [5, 5.41) is 0. The molecule has 0 N–H and O–H groups in total. The number of nitrogens with zero attached hydrogens (tertiary/aromatic N) is 3. The summed E-state index contributed by atoms with van der Waals surface area (Å²) >= 11 is 1.31. The number of fused-ring (bicyclic) bond motifs is 2. The van der Waals surface area contributed by atoms with Crippen LogP contribution in [0.3, 0.4) is 0 Å². The van der Waals surface area contributed by atoms with Crippen LogP contribution in [0.1, 0.15) is 44.9 Å². The minimum atomic E-state index is -0.697. The Morgan fingerprint density at radius 2 is 1.86 bits per heavy atom. The highest BCUT2D eigenvalue weighted by atomic mass is 32.1. The van der Waals surface area contributed by atoms with Gasteiger partial charge in [0, 0.05) is 18.8 Å². The molecule has 0 spiro atoms. The van der Waals surface area contributed by atoms with Crippen molar-refractivity contribution in [2.75, 3.05) is 31.4 Å². The Labute approximate surface area is 218 Å². The molecule has 37 heavy (non-hydrogen) atoms. The largest absolute Gasteiger partial charge is 0.463 e. The lowest BCUT2D eigenvalue weighted by Crippen LogP contribution is -2.39. The number of allylic oxidation sites excluding steroid dienone is 1. The second-order valence-corrected chi connectivity index (χ2v) is 9.69. The fourth-order valence-electron chi connectivity index (χ4n) is 4.71. The van der Waals surface area contributed by atoms with Gasteiger partial charge in [0.15, 0.2) is 16.3 Å². The Morgan fingerprint density at radius 1 is 1.14 bits per heavy atom. The molecule has 9 heteroatoms. The molecular formula is C28H29N3O5S. The van der Waals surface area contributed by atoms with Gasteiger partial charge in [0.25, 0.3) is 5.56 Å². The van der Waals surface area contributed by atoms with Gasteiger partial charge in [0.1, 0.15) is 0 Å². The van der Waals surface area contributed by atoms with Crippen LogP contribution in [-0.2, 0) is 9.53 Å². The van der Waals surface area contributed by atoms with E-state index in [-0.39, 0.29) is 19.0 Å². The average molecular weight is 520 g/mol. The number of thiazole rings is 1. The fraction of sp³-hybridized carbons (Fsp3) is 0.321. The highest BCUT2D eigenvalue weighted by molar-refractivity contribution is 7.07. The van der Waals surface area contributed by atoms with Crippen molar-refractivity contribution in [3.63, 3.8) is 0 Å². The van der Waals surface area contributed by atoms with Crippen molar-refractivity contribution >= 4 is 29.1 Å². The lowest BCUT2D eigenvalue weighted by atomic mass is 9.95. The van der Waals surface area contributed by atoms with Gasteiger partial charge in [-0.05, 0) is 69.2 Å². The van der Waals surface area contributed by atoms with Crippen molar-refractivity contribution in [3.05, 3.63) is 84.5 Å². The molecule has 2 aliphatic rings. The van der Waals surface area contributed by atoms with Crippen molar-refractivity contribution < 1.29 is 19.0 Å². The molecule has 3 heterocycles. The van der Waals surface area contributed by atoms with Gasteiger partial charge in [-0.15, -0.1) is 0 Å². The van der Waals surface area contributed by atoms with E-state index in [4.69, 9.17) is 14.2 Å². The van der Waals surface area contributed by atoms with Crippen LogP contribution in [0.5, 0.6) is 11.5 Å². The maximum absolute atomic E-state index is 13.8. The Kier molecular flexibility index (Phi) is 6.88. The first-order valence-electron chi connectivity index (χ1n) is 12.4. The third-order valence-electron chi connectivity index (χ3n) is 6.55. The van der Waals surface area contributed by atoms with Crippen molar-refractivity contribution in [2.24, 2.45) is 4.99 Å². The lowest BCUT2D eigenvalue weighted by molar-refractivity contribution is -0.139. The summed E-state index contributed by atoms with van der Waals surface area (Å²) in [5.74, 6) is 0.709. The van der Waals surface area contributed by atoms with Gasteiger partial charge in [-0.3, -0.25) is 9.36 Å². The summed E-state index contributed by atoms with van der Waals surface area (Å²) in [5.41, 5.74) is 3.43. The van der Waals surface area contributed by atoms with Crippen LogP contribution < -0.4 is 29.3 Å². The average Bonchev–Trinajstić information content (AvgIpc) is 3.48. The number of rotatable bonds is 7. The Bertz CT molecular complexity index is 1550. The molecule has 5 rings (SSSR count). The molecule has 2 aromatic carbocycles. The number of hydrogen-bond acceptors (Lipinski definition) is 8. The van der Waals surface area contributed by atoms with Crippen LogP contribution in [0.4, 0.5) is 5.69 Å². The molecule has 1 atom stereocenters. The highest BCUT2D eigenvalue weighted by Gasteiger charge is 2.34. The molecular weight excluding hydrogens is 490 g/mol. The van der Waals surface area contributed by atoms with Gasteiger partial charge >= 0.3 is 5.97 Å². The smallest absolute Gasteiger partial charge is 0.338 e. The summed E-state index contributed by atoms with van der Waals surface area (Å²) in [6.45, 7) is 9.99. The van der Waals surface area contributed by atoms with E-state index in [0.29, 0.717) is 32.1 Å². The Hall–Kier alpha value is -3.85. The molecule has 0 fully saturated rings. The van der Waals surface area contributed by atoms with Gasteiger partial charge in [-0.25, -0.2) is 9.79 Å². The van der Waals surface area contributed by atoms with Crippen molar-refractivity contribution in [1.29, 1.82) is 0 Å². The van der Waals surface area contributed by atoms with Crippen molar-refractivity contribution in [2.45, 2.75) is 33.7 Å². The zero-order valence-electron chi connectivity index (χ0n) is 21.3. The third-order valence-corrected chi connectivity index (χ3v) is 7.53. The van der Waals surface area contributed by atoms with E-state index in [1.807, 2.05) is 30.3 Å². The molecule has 8 nitrogen and oxygen atoms in total. The van der Waals surface area contributed by atoms with Crippen LogP contribution in [0.15, 0.2) is 63.5 Å². The van der Waals surface area contributed by atoms with Crippen LogP contribution in [0, 0.1) is 0 Å². The number of benzene rings is 2. The number of carbonyl (C=O) groups is 1. The number of ether oxygens (including phenoxy) is 3. The minimum Gasteiger partial charge on any atom is -0.463 e. The van der Waals surface area contributed by atoms with Gasteiger partial charge in [0.2, 0.25) is 6.79 Å². The number of aromatic nitrogens is 1. The van der Waals surface area contributed by atoms with Gasteiger partial charge < -0.3 is 19.1 Å². The number of carbonyl (C=O) groups excluding carboxylic acids is 1. The normalized spacial score (nSPS) is 16.4. The minimum absolute atomic E-state index is 0.133. The predicted octanol–water partition coefficient (Wildman–Crippen LogP) is 3.37. The molecule has 0 unspecified atom stereocenters. The van der Waals surface area contributed by atoms with E-state index >= 15 is 0 Å². The fourth-order valence-corrected chi connectivity index (χ4v) is 5.76. The lowest BCUT2D eigenvalue weighted by Gasteiger charge is -2.24. The topological polar surface area (TPSA) is 82.4 Å². The standard InChI is InChI=1S/C28H29N3O5S/c1-5-30(6-2)20-11-8-18(9-12-20)14-23-26(32)31-25(19-10-13-21-22(15-19)36-16-35-21)24(27(33)34-7-3)17(4)29-28(31)37-23/h8-15,25H,5-7,16H2,1-4H3/t25-/m1/s1. The molecule has 3 aromatic rings. The summed E-state index contributed by atoms with van der Waals surface area (Å²) < 4.78 is 18.5. The SMILES string of the molecule is CCOC(=O)C1=C(C)N=c2sc(=Cc3ccc(N(CC)CC)cc3)c(=O)n2[C@@H]1c1ccc2c(c1)OCO2. The maximum Gasteiger partial charge on any atom is 0.338 e. The van der Waals surface area contributed by atoms with Crippen LogP contribution in [0.25, 0.3) is 6.08 Å². The summed E-state index contributed by atoms with van der Waals surface area (Å²) in [4.78, 5) is 34.3. The zero-order chi connectivity index (χ0) is 26.1. The van der Waals surface area contributed by atoms with Crippen molar-refractivity contribution in [1.82, 2.24) is 4.57 Å². The van der Waals surface area contributed by atoms with E-state index < -0.39 is 12.0 Å². The van der Waals surface area contributed by atoms with Gasteiger partial charge in [-0.2, -0.15) is 0 Å². The first-order valence-corrected chi connectivity index (χ1v) is 13.2. The first kappa shape index (κ1) is 24.8. The molecule has 1 aromatic heterocycles. The van der Waals surface area contributed by atoms with E-state index in [1.54, 1.807) is 24.5 Å². The van der Waals surface area contributed by atoms with Crippen LogP contribution in [-0.4, -0.2) is 37.0 Å². The van der Waals surface area contributed by atoms with Gasteiger partial charge in [0.05, 0.1) is 28.5 Å². The maximum atomic E-state index is 13.8. The quantitative estimate of drug-likeness (QED) is 0.445. The number of anilines is 1. The van der Waals surface area contributed by atoms with Crippen LogP contribution in [0.2, 0.25) is 0 Å². The first-order chi connectivity index (χ1) is 17.9. The predicted molar refractivity (Wildman–Crippen MR) is 143 cm³/mol. The molecule has 192 valence electrons. The van der Waals surface area contributed by atoms with E-state index in [0.717, 1.165) is 29.9 Å². The molecule has 0 saturated carbocycles. The molecule has 0 bridgehead atoms. The van der Waals surface area contributed by atoms with E-state index in [1.165, 1.54) is 11.3 Å². The van der Waals surface area contributed by atoms with Crippen LogP contribution >= 0.6 is 11.3 Å². The molecule has 0 saturated heterocycles. The zero-order valence-corrected chi connectivity index (χ0v) is 22.1. The van der Waals surface area contributed by atoms with Crippen molar-refractivity contribution in [3.8, 4) is 11.5 Å². The second kappa shape index (κ2) is 10.3. The third kappa shape index (κ3) is 4.55. The summed E-state index contributed by atoms with van der Waals surface area (Å²) in [6, 6.07) is 12.9. The monoisotopic (exact) mass is 519 g/mol. The van der Waals surface area contributed by atoms with E-state index in [2.05, 4.69) is 35.9 Å². The molecule has 0 radical (unpaired) electrons. The Balaban J connectivity index is 1.63. The number of hydrogen-bond donors (Lipinski definition) is 0. The molecule has 0 amide bonds. The molecule has 0 aliphatic carbocycles. The van der Waals surface area contributed by atoms with E-state index in [9.17, 15) is 9.59 Å². The second-order valence-electron chi connectivity index (χ2n) is 8.68.